The van der Waals surface area contributed by atoms with Gasteiger partial charge >= 0.3 is 0 Å². The van der Waals surface area contributed by atoms with E-state index in [0.717, 1.165) is 44.5 Å². The Bertz CT molecular complexity index is 888. The van der Waals surface area contributed by atoms with Gasteiger partial charge in [-0.1, -0.05) is 37.1 Å². The quantitative estimate of drug-likeness (QED) is 0.214. The first-order valence-electron chi connectivity index (χ1n) is 11.1. The van der Waals surface area contributed by atoms with Gasteiger partial charge in [0.05, 0.1) is 18.7 Å². The summed E-state index contributed by atoms with van der Waals surface area (Å²) in [6, 6.07) is 8.15. The van der Waals surface area contributed by atoms with Crippen molar-refractivity contribution in [1.29, 1.82) is 5.41 Å². The second-order valence-corrected chi connectivity index (χ2v) is 8.06. The molecule has 0 unspecified atom stereocenters. The highest BCUT2D eigenvalue weighted by molar-refractivity contribution is 6.30. The summed E-state index contributed by atoms with van der Waals surface area (Å²) < 4.78 is 11.1. The fraction of sp³-hybridized carbons (Fsp3) is 0.500. The molecule has 0 aliphatic carbocycles. The van der Waals surface area contributed by atoms with Crippen LogP contribution in [0.25, 0.3) is 0 Å². The summed E-state index contributed by atoms with van der Waals surface area (Å²) in [6.45, 7) is 5.69. The third kappa shape index (κ3) is 8.93. The van der Waals surface area contributed by atoms with Crippen LogP contribution >= 0.6 is 11.6 Å². The minimum atomic E-state index is -0.318. The maximum absolute atomic E-state index is 12.4. The number of nitrogens with one attached hydrogen (secondary N) is 1. The first-order valence-corrected chi connectivity index (χ1v) is 11.5. The number of halogens is 1. The molecule has 3 N–H and O–H groups in total. The van der Waals surface area contributed by atoms with Crippen LogP contribution in [-0.4, -0.2) is 41.3 Å². The lowest BCUT2D eigenvalue weighted by Crippen LogP contribution is -2.13. The van der Waals surface area contributed by atoms with E-state index in [0.29, 0.717) is 31.0 Å². The van der Waals surface area contributed by atoms with Crippen molar-refractivity contribution in [3.8, 4) is 5.75 Å². The van der Waals surface area contributed by atoms with Crippen LogP contribution in [0.4, 0.5) is 5.82 Å². The molecule has 1 aromatic carbocycles. The number of carbonyl (C=O) groups is 1. The molecule has 1 heterocycles. The number of anilines is 1. The predicted molar refractivity (Wildman–Crippen MR) is 128 cm³/mol. The Kier molecular flexibility index (Phi) is 11.1. The summed E-state index contributed by atoms with van der Waals surface area (Å²) in [5, 5.41) is 8.25. The zero-order valence-corrected chi connectivity index (χ0v) is 19.7. The van der Waals surface area contributed by atoms with Crippen LogP contribution in [0, 0.1) is 12.3 Å². The van der Waals surface area contributed by atoms with Crippen molar-refractivity contribution in [3.63, 3.8) is 0 Å². The number of Topliss-reactive ketones (excluding diaryl/α,β-unsaturated/α-hetero) is 1. The number of aryl methyl sites for hydroxylation is 2. The largest absolute Gasteiger partial charge is 0.491 e. The average molecular weight is 461 g/mol. The highest BCUT2D eigenvalue weighted by Gasteiger charge is 2.17. The van der Waals surface area contributed by atoms with Crippen LogP contribution in [0.5, 0.6) is 5.75 Å². The predicted octanol–water partition coefficient (Wildman–Crippen LogP) is 5.22. The van der Waals surface area contributed by atoms with E-state index < -0.39 is 0 Å². The number of nitrogen functional groups attached to an aromatic ring is 1. The highest BCUT2D eigenvalue weighted by Crippen LogP contribution is 2.18. The van der Waals surface area contributed by atoms with Gasteiger partial charge in [0, 0.05) is 12.3 Å². The maximum atomic E-state index is 12.4. The Balaban J connectivity index is 1.62. The van der Waals surface area contributed by atoms with Crippen LogP contribution in [0.15, 0.2) is 24.3 Å². The number of benzene rings is 1. The molecule has 0 aliphatic rings. The van der Waals surface area contributed by atoms with E-state index in [-0.39, 0.29) is 28.9 Å². The van der Waals surface area contributed by atoms with Crippen LogP contribution in [0.2, 0.25) is 5.15 Å². The van der Waals surface area contributed by atoms with Gasteiger partial charge in [-0.3, -0.25) is 4.79 Å². The molecular formula is C24H33ClN4O3. The molecule has 2 aromatic rings. The second kappa shape index (κ2) is 13.8. The number of carbonyl (C=O) groups excluding carboxylic acids is 1. The molecule has 7 nitrogen and oxygen atoms in total. The molecule has 0 atom stereocenters. The maximum Gasteiger partial charge on any atom is 0.190 e. The van der Waals surface area contributed by atoms with Crippen molar-refractivity contribution in [2.75, 3.05) is 25.6 Å². The Morgan fingerprint density at radius 2 is 1.84 bits per heavy atom. The third-order valence-corrected chi connectivity index (χ3v) is 5.25. The Labute approximate surface area is 195 Å². The summed E-state index contributed by atoms with van der Waals surface area (Å²) in [5.74, 6) is 0.597. The standard InChI is InChI=1S/C24H33ClN4O3/c1-3-13-31-14-15-32-20-11-9-18(10-12-20)7-5-4-6-8-19(26)16-21(30)22-24(27)28-17(2)23(25)29-22/h9-12,26H,3-8,13-16H2,1-2H3,(H2,27,28). The molecule has 8 heteroatoms. The van der Waals surface area contributed by atoms with E-state index in [1.807, 2.05) is 12.1 Å². The zero-order valence-electron chi connectivity index (χ0n) is 19.0. The summed E-state index contributed by atoms with van der Waals surface area (Å²) in [4.78, 5) is 20.4. The van der Waals surface area contributed by atoms with Crippen LogP contribution in [0.1, 0.15) is 67.2 Å². The molecule has 0 saturated heterocycles. The van der Waals surface area contributed by atoms with Crippen molar-refractivity contribution in [1.82, 2.24) is 9.97 Å². The van der Waals surface area contributed by atoms with E-state index in [4.69, 9.17) is 32.2 Å². The zero-order chi connectivity index (χ0) is 23.3. The number of ether oxygens (including phenoxy) is 2. The number of hydrogen-bond acceptors (Lipinski definition) is 7. The second-order valence-electron chi connectivity index (χ2n) is 7.70. The summed E-state index contributed by atoms with van der Waals surface area (Å²) in [7, 11) is 0. The Morgan fingerprint density at radius 1 is 1.09 bits per heavy atom. The van der Waals surface area contributed by atoms with Gasteiger partial charge in [0.2, 0.25) is 0 Å². The van der Waals surface area contributed by atoms with Crippen LogP contribution in [0.3, 0.4) is 0 Å². The lowest BCUT2D eigenvalue weighted by molar-refractivity contribution is 0.0996. The molecule has 1 aromatic heterocycles. The number of rotatable bonds is 15. The highest BCUT2D eigenvalue weighted by atomic mass is 35.5. The van der Waals surface area contributed by atoms with Crippen molar-refractivity contribution < 1.29 is 14.3 Å². The number of nitrogens with zero attached hydrogens (tertiary/aromatic N) is 2. The lowest BCUT2D eigenvalue weighted by atomic mass is 10.0. The van der Waals surface area contributed by atoms with Gasteiger partial charge in [-0.25, -0.2) is 9.97 Å². The number of unbranched alkanes of at least 4 members (excludes halogenated alkanes) is 2. The fourth-order valence-electron chi connectivity index (χ4n) is 3.15. The number of ketones is 1. The van der Waals surface area contributed by atoms with E-state index in [9.17, 15) is 4.79 Å². The first kappa shape index (κ1) is 25.7. The van der Waals surface area contributed by atoms with E-state index in [1.54, 1.807) is 6.92 Å². The number of nitrogens with two attached hydrogens (primary N) is 1. The van der Waals surface area contributed by atoms with Gasteiger partial charge in [0.15, 0.2) is 22.4 Å². The molecule has 0 bridgehead atoms. The fourth-order valence-corrected chi connectivity index (χ4v) is 3.28. The molecule has 0 fully saturated rings. The lowest BCUT2D eigenvalue weighted by Gasteiger charge is -2.08. The van der Waals surface area contributed by atoms with Crippen molar-refractivity contribution in [3.05, 3.63) is 46.4 Å². The van der Waals surface area contributed by atoms with Gasteiger partial charge in [0.25, 0.3) is 0 Å². The van der Waals surface area contributed by atoms with Crippen LogP contribution < -0.4 is 10.5 Å². The summed E-state index contributed by atoms with van der Waals surface area (Å²) in [5.41, 5.74) is 7.94. The molecule has 174 valence electrons. The third-order valence-electron chi connectivity index (χ3n) is 4.89. The molecule has 32 heavy (non-hydrogen) atoms. The monoisotopic (exact) mass is 460 g/mol. The van der Waals surface area contributed by atoms with Gasteiger partial charge in [-0.2, -0.15) is 0 Å². The van der Waals surface area contributed by atoms with Crippen molar-refractivity contribution in [2.45, 2.75) is 58.8 Å². The van der Waals surface area contributed by atoms with Crippen molar-refractivity contribution in [2.24, 2.45) is 0 Å². The van der Waals surface area contributed by atoms with Gasteiger partial charge in [-0.15, -0.1) is 0 Å². The number of aromatic nitrogens is 2. The van der Waals surface area contributed by atoms with Gasteiger partial charge in [-0.05, 0) is 56.7 Å². The van der Waals surface area contributed by atoms with Gasteiger partial charge < -0.3 is 20.6 Å². The molecule has 0 spiro atoms. The summed E-state index contributed by atoms with van der Waals surface area (Å²) >= 11 is 5.94. The summed E-state index contributed by atoms with van der Waals surface area (Å²) in [6.07, 6.45) is 5.43. The molecule has 0 aliphatic heterocycles. The molecule has 0 amide bonds. The minimum absolute atomic E-state index is 0.0107. The average Bonchev–Trinajstić information content (AvgIpc) is 2.76. The molecule has 2 rings (SSSR count). The minimum Gasteiger partial charge on any atom is -0.491 e. The normalized spacial score (nSPS) is 10.8. The van der Waals surface area contributed by atoms with E-state index in [2.05, 4.69) is 29.0 Å². The molecule has 0 radical (unpaired) electrons. The number of hydrogen-bond donors (Lipinski definition) is 2. The van der Waals surface area contributed by atoms with E-state index >= 15 is 0 Å². The smallest absolute Gasteiger partial charge is 0.190 e. The SMILES string of the molecule is CCCOCCOc1ccc(CCCCCC(=N)CC(=O)c2nc(Cl)c(C)nc2N)cc1. The van der Waals surface area contributed by atoms with E-state index in [1.165, 1.54) is 5.56 Å². The Hall–Kier alpha value is -2.51. The van der Waals surface area contributed by atoms with Crippen LogP contribution in [-0.2, 0) is 11.2 Å². The topological polar surface area (TPSA) is 111 Å². The molecule has 0 saturated carbocycles. The molecular weight excluding hydrogens is 428 g/mol. The van der Waals surface area contributed by atoms with Gasteiger partial charge in [0.1, 0.15) is 12.4 Å². The Morgan fingerprint density at radius 3 is 2.56 bits per heavy atom. The van der Waals surface area contributed by atoms with Crippen molar-refractivity contribution >= 4 is 28.9 Å². The first-order chi connectivity index (χ1) is 15.4.